The maximum atomic E-state index is 10.6. The molecule has 3 saturated carbocycles. The van der Waals surface area contributed by atoms with Crippen molar-refractivity contribution in [2.75, 3.05) is 0 Å². The van der Waals surface area contributed by atoms with Crippen LogP contribution in [0.2, 0.25) is 0 Å². The largest absolute Gasteiger partial charge is 0.234 e. The van der Waals surface area contributed by atoms with Gasteiger partial charge in [-0.3, -0.25) is 0 Å². The minimum absolute atomic E-state index is 0.211. The zero-order valence-electron chi connectivity index (χ0n) is 8.51. The molecule has 0 aliphatic heterocycles. The van der Waals surface area contributed by atoms with E-state index in [2.05, 4.69) is 6.58 Å². The van der Waals surface area contributed by atoms with Gasteiger partial charge in [-0.25, -0.2) is 4.79 Å². The zero-order chi connectivity index (χ0) is 9.81. The molecule has 74 valence electrons. The molecule has 0 aromatic carbocycles. The van der Waals surface area contributed by atoms with Crippen molar-refractivity contribution < 1.29 is 4.79 Å². The number of hydrogen-bond acceptors (Lipinski definition) is 1. The maximum absolute atomic E-state index is 10.6. The molecule has 14 heavy (non-hydrogen) atoms. The summed E-state index contributed by atoms with van der Waals surface area (Å²) in [4.78, 5) is 10.6. The van der Waals surface area contributed by atoms with Crippen LogP contribution in [-0.4, -0.2) is 5.94 Å². The summed E-state index contributed by atoms with van der Waals surface area (Å²) < 4.78 is 0. The molecule has 0 radical (unpaired) electrons. The molecule has 0 aromatic heterocycles. The highest BCUT2D eigenvalue weighted by Crippen LogP contribution is 2.83. The fourth-order valence-electron chi connectivity index (χ4n) is 4.59. The lowest BCUT2D eigenvalue weighted by Crippen LogP contribution is -2.11. The van der Waals surface area contributed by atoms with Gasteiger partial charge in [0.25, 0.3) is 0 Å². The molecule has 0 aromatic rings. The third kappa shape index (κ3) is 0.653. The Hall–Kier alpha value is -0.810. The van der Waals surface area contributed by atoms with E-state index >= 15 is 0 Å². The molecule has 3 aliphatic carbocycles. The first-order valence-electron chi connectivity index (χ1n) is 5.68. The highest BCUT2D eigenvalue weighted by molar-refractivity contribution is 5.55. The summed E-state index contributed by atoms with van der Waals surface area (Å²) in [5.41, 5.74) is 1.99. The fraction of sp³-hybridized carbons (Fsp3) is 0.692. The Morgan fingerprint density at radius 1 is 1.43 bits per heavy atom. The molecule has 0 amide bonds. The molecule has 1 heteroatoms. The minimum atomic E-state index is 0.211. The predicted molar refractivity (Wildman–Crippen MR) is 55.5 cm³/mol. The number of fused-ring (bicyclic) bond motifs is 3. The van der Waals surface area contributed by atoms with Crippen LogP contribution in [0.4, 0.5) is 0 Å². The van der Waals surface area contributed by atoms with Crippen LogP contribution in [-0.2, 0) is 4.79 Å². The van der Waals surface area contributed by atoms with E-state index in [1.54, 1.807) is 0 Å². The first kappa shape index (κ1) is 8.49. The molecule has 0 unspecified atom stereocenters. The normalized spacial score (nSPS) is 49.1. The summed E-state index contributed by atoms with van der Waals surface area (Å²) in [6.07, 6.45) is 9.37. The van der Waals surface area contributed by atoms with Gasteiger partial charge in [0.1, 0.15) is 5.94 Å². The summed E-state index contributed by atoms with van der Waals surface area (Å²) in [6, 6.07) is 0. The quantitative estimate of drug-likeness (QED) is 0.457. The number of allylic oxidation sites excluding steroid dienone is 2. The highest BCUT2D eigenvalue weighted by Gasteiger charge is 2.77. The van der Waals surface area contributed by atoms with Crippen LogP contribution >= 0.6 is 0 Å². The van der Waals surface area contributed by atoms with E-state index in [4.69, 9.17) is 0 Å². The molecule has 1 nitrogen and oxygen atoms in total. The molecule has 0 saturated heterocycles. The maximum Gasteiger partial charge on any atom is 0.120 e. The van der Waals surface area contributed by atoms with Gasteiger partial charge in [0.05, 0.1) is 0 Å². The van der Waals surface area contributed by atoms with Crippen molar-refractivity contribution in [1.29, 1.82) is 0 Å². The van der Waals surface area contributed by atoms with Crippen molar-refractivity contribution >= 4 is 5.94 Å². The van der Waals surface area contributed by atoms with E-state index in [1.165, 1.54) is 44.1 Å². The smallest absolute Gasteiger partial charge is 0.120 e. The lowest BCUT2D eigenvalue weighted by Gasteiger charge is -2.19. The van der Waals surface area contributed by atoms with Gasteiger partial charge in [0.2, 0.25) is 0 Å². The van der Waals surface area contributed by atoms with E-state index in [0.717, 1.165) is 5.92 Å². The standard InChI is InChI=1S/C13H16O/c1-10-4-2-7-13(10)11-5-3-6-12(11,13)8-9-14/h8,11H,1-7H2/t11-,12-,13+/m0/s1. The van der Waals surface area contributed by atoms with Gasteiger partial charge in [-0.05, 0) is 38.0 Å². The van der Waals surface area contributed by atoms with Crippen molar-refractivity contribution in [1.82, 2.24) is 0 Å². The molecule has 0 N–H and O–H groups in total. The Labute approximate surface area is 84.9 Å². The topological polar surface area (TPSA) is 17.1 Å². The summed E-state index contributed by atoms with van der Waals surface area (Å²) in [7, 11) is 0. The van der Waals surface area contributed by atoms with E-state index in [1.807, 2.05) is 12.0 Å². The van der Waals surface area contributed by atoms with Gasteiger partial charge in [-0.1, -0.05) is 18.6 Å². The van der Waals surface area contributed by atoms with Gasteiger partial charge >= 0.3 is 0 Å². The number of carbonyl (C=O) groups excluding carboxylic acids is 1. The lowest BCUT2D eigenvalue weighted by atomic mass is 9.84. The number of hydrogen-bond donors (Lipinski definition) is 0. The Balaban J connectivity index is 2.05. The Bertz CT molecular complexity index is 342. The molecular weight excluding hydrogens is 172 g/mol. The first-order valence-corrected chi connectivity index (χ1v) is 5.68. The predicted octanol–water partition coefficient (Wildman–Crippen LogP) is 2.90. The molecule has 3 rings (SSSR count). The molecule has 3 aliphatic rings. The second kappa shape index (κ2) is 2.41. The Morgan fingerprint density at radius 2 is 2.29 bits per heavy atom. The van der Waals surface area contributed by atoms with Gasteiger partial charge in [0, 0.05) is 16.9 Å². The third-order valence-electron chi connectivity index (χ3n) is 5.04. The van der Waals surface area contributed by atoms with Crippen molar-refractivity contribution in [2.45, 2.75) is 38.5 Å². The zero-order valence-corrected chi connectivity index (χ0v) is 8.51. The summed E-state index contributed by atoms with van der Waals surface area (Å²) in [6.45, 7) is 4.23. The molecular formula is C13H16O. The Morgan fingerprint density at radius 3 is 2.93 bits per heavy atom. The molecule has 0 bridgehead atoms. The van der Waals surface area contributed by atoms with E-state index in [0.29, 0.717) is 5.41 Å². The van der Waals surface area contributed by atoms with E-state index < -0.39 is 0 Å². The monoisotopic (exact) mass is 188 g/mol. The van der Waals surface area contributed by atoms with E-state index in [-0.39, 0.29) is 5.41 Å². The summed E-state index contributed by atoms with van der Waals surface area (Å²) >= 11 is 0. The molecule has 3 fully saturated rings. The van der Waals surface area contributed by atoms with Gasteiger partial charge in [-0.15, -0.1) is 0 Å². The number of rotatable bonds is 1. The van der Waals surface area contributed by atoms with Crippen molar-refractivity contribution in [3.8, 4) is 0 Å². The van der Waals surface area contributed by atoms with Crippen LogP contribution in [0.15, 0.2) is 18.2 Å². The van der Waals surface area contributed by atoms with Crippen molar-refractivity contribution in [2.24, 2.45) is 16.7 Å². The van der Waals surface area contributed by atoms with Crippen LogP contribution in [0.5, 0.6) is 0 Å². The van der Waals surface area contributed by atoms with Crippen LogP contribution < -0.4 is 0 Å². The van der Waals surface area contributed by atoms with Gasteiger partial charge in [-0.2, -0.15) is 0 Å². The van der Waals surface area contributed by atoms with Crippen molar-refractivity contribution in [3.05, 3.63) is 18.2 Å². The van der Waals surface area contributed by atoms with Gasteiger partial charge < -0.3 is 0 Å². The van der Waals surface area contributed by atoms with Crippen LogP contribution in [0.25, 0.3) is 0 Å². The molecule has 0 heterocycles. The van der Waals surface area contributed by atoms with Crippen LogP contribution in [0.1, 0.15) is 38.5 Å². The van der Waals surface area contributed by atoms with Crippen LogP contribution in [0, 0.1) is 16.7 Å². The average Bonchev–Trinajstić information content (AvgIpc) is 2.57. The average molecular weight is 188 g/mol. The second-order valence-electron chi connectivity index (χ2n) is 5.18. The second-order valence-corrected chi connectivity index (χ2v) is 5.18. The highest BCUT2D eigenvalue weighted by atomic mass is 16.1. The summed E-state index contributed by atoms with van der Waals surface area (Å²) in [5, 5.41) is 0. The molecule has 3 atom stereocenters. The third-order valence-corrected chi connectivity index (χ3v) is 5.04. The first-order chi connectivity index (χ1) is 6.78. The van der Waals surface area contributed by atoms with E-state index in [9.17, 15) is 4.79 Å². The lowest BCUT2D eigenvalue weighted by molar-refractivity contribution is 0.413. The summed E-state index contributed by atoms with van der Waals surface area (Å²) in [5.74, 6) is 2.79. The molecule has 1 spiro atoms. The van der Waals surface area contributed by atoms with Crippen molar-refractivity contribution in [3.63, 3.8) is 0 Å². The minimum Gasteiger partial charge on any atom is -0.234 e. The SMILES string of the molecule is C=C1CCC[C@]12[C@H]1CCC[C@]12C=C=O. The van der Waals surface area contributed by atoms with Crippen LogP contribution in [0.3, 0.4) is 0 Å². The fourth-order valence-corrected chi connectivity index (χ4v) is 4.59. The Kier molecular flexibility index (Phi) is 1.46. The van der Waals surface area contributed by atoms with Gasteiger partial charge in [0.15, 0.2) is 0 Å².